The minimum atomic E-state index is -0.513. The number of allylic oxidation sites excluding steroid dienone is 1. The van der Waals surface area contributed by atoms with Gasteiger partial charge in [0.25, 0.3) is 0 Å². The van der Waals surface area contributed by atoms with E-state index in [0.717, 1.165) is 25.7 Å². The van der Waals surface area contributed by atoms with Crippen molar-refractivity contribution in [1.82, 2.24) is 0 Å². The molecule has 2 aliphatic carbocycles. The van der Waals surface area contributed by atoms with Gasteiger partial charge in [-0.1, -0.05) is 64.5 Å². The number of unbranched alkanes of at least 4 members (excludes halogenated alkanes) is 3. The van der Waals surface area contributed by atoms with E-state index in [9.17, 15) is 9.90 Å². The summed E-state index contributed by atoms with van der Waals surface area (Å²) in [5.41, 5.74) is -0.513. The molecule has 1 fully saturated rings. The minimum Gasteiger partial charge on any atom is -0.466 e. The molecular formula is C22H38O3. The highest BCUT2D eigenvalue weighted by molar-refractivity contribution is 5.78. The van der Waals surface area contributed by atoms with Gasteiger partial charge in [-0.2, -0.15) is 0 Å². The number of esters is 1. The lowest BCUT2D eigenvalue weighted by Crippen LogP contribution is -2.53. The molecule has 25 heavy (non-hydrogen) atoms. The lowest BCUT2D eigenvalue weighted by Gasteiger charge is -2.51. The highest BCUT2D eigenvalue weighted by atomic mass is 16.5. The van der Waals surface area contributed by atoms with Gasteiger partial charge in [-0.05, 0) is 44.4 Å². The third kappa shape index (κ3) is 4.30. The quantitative estimate of drug-likeness (QED) is 0.375. The molecule has 0 saturated heterocycles. The zero-order chi connectivity index (χ0) is 18.4. The Morgan fingerprint density at radius 1 is 1.24 bits per heavy atom. The molecule has 0 bridgehead atoms. The van der Waals surface area contributed by atoms with Crippen molar-refractivity contribution in [3.63, 3.8) is 0 Å². The van der Waals surface area contributed by atoms with Crippen LogP contribution in [0.25, 0.3) is 0 Å². The van der Waals surface area contributed by atoms with Crippen LogP contribution in [0.5, 0.6) is 0 Å². The molecule has 0 amide bonds. The Kier molecular flexibility index (Phi) is 7.54. The van der Waals surface area contributed by atoms with Crippen LogP contribution in [0, 0.1) is 29.1 Å². The van der Waals surface area contributed by atoms with Crippen LogP contribution in [0.4, 0.5) is 0 Å². The van der Waals surface area contributed by atoms with Crippen LogP contribution in [0.15, 0.2) is 12.2 Å². The van der Waals surface area contributed by atoms with Gasteiger partial charge in [-0.3, -0.25) is 4.79 Å². The monoisotopic (exact) mass is 350 g/mol. The van der Waals surface area contributed by atoms with Crippen LogP contribution in [0.1, 0.15) is 79.1 Å². The SMILES string of the molecule is CCCCCC[C@@H](C)[C@@H]1C=C[C@@H]2[C@H](O)CCC[C@H]2[C@]1(C)C(=O)OCC. The lowest BCUT2D eigenvalue weighted by atomic mass is 9.53. The van der Waals surface area contributed by atoms with E-state index in [4.69, 9.17) is 4.74 Å². The Hall–Kier alpha value is -0.830. The molecule has 2 rings (SSSR count). The fourth-order valence-electron chi connectivity index (χ4n) is 5.28. The molecule has 3 nitrogen and oxygen atoms in total. The lowest BCUT2D eigenvalue weighted by molar-refractivity contribution is -0.168. The van der Waals surface area contributed by atoms with Crippen molar-refractivity contribution in [3.05, 3.63) is 12.2 Å². The summed E-state index contributed by atoms with van der Waals surface area (Å²) >= 11 is 0. The molecule has 0 aromatic heterocycles. The number of rotatable bonds is 8. The molecule has 2 aliphatic rings. The van der Waals surface area contributed by atoms with Gasteiger partial charge in [0.2, 0.25) is 0 Å². The molecule has 6 atom stereocenters. The summed E-state index contributed by atoms with van der Waals surface area (Å²) in [7, 11) is 0. The summed E-state index contributed by atoms with van der Waals surface area (Å²) in [5, 5.41) is 10.5. The molecule has 144 valence electrons. The fraction of sp³-hybridized carbons (Fsp3) is 0.864. The number of fused-ring (bicyclic) bond motifs is 1. The molecule has 0 spiro atoms. The van der Waals surface area contributed by atoms with Gasteiger partial charge in [0.1, 0.15) is 0 Å². The first-order valence-electron chi connectivity index (χ1n) is 10.5. The average molecular weight is 351 g/mol. The molecule has 0 heterocycles. The largest absolute Gasteiger partial charge is 0.466 e. The second-order valence-electron chi connectivity index (χ2n) is 8.42. The maximum Gasteiger partial charge on any atom is 0.312 e. The molecule has 1 saturated carbocycles. The van der Waals surface area contributed by atoms with Crippen LogP contribution < -0.4 is 0 Å². The number of carbonyl (C=O) groups excluding carboxylic acids is 1. The van der Waals surface area contributed by atoms with E-state index in [0.29, 0.717) is 12.5 Å². The average Bonchev–Trinajstić information content (AvgIpc) is 2.59. The van der Waals surface area contributed by atoms with Gasteiger partial charge in [0.05, 0.1) is 18.1 Å². The third-order valence-electron chi connectivity index (χ3n) is 6.77. The van der Waals surface area contributed by atoms with E-state index in [1.54, 1.807) is 0 Å². The second-order valence-corrected chi connectivity index (χ2v) is 8.42. The first kappa shape index (κ1) is 20.5. The van der Waals surface area contributed by atoms with Crippen molar-refractivity contribution in [3.8, 4) is 0 Å². The highest BCUT2D eigenvalue weighted by Gasteiger charge is 2.55. The van der Waals surface area contributed by atoms with Crippen molar-refractivity contribution in [1.29, 1.82) is 0 Å². The number of aliphatic hydroxyl groups excluding tert-OH is 1. The first-order chi connectivity index (χ1) is 12.0. The predicted molar refractivity (Wildman–Crippen MR) is 102 cm³/mol. The van der Waals surface area contributed by atoms with Crippen molar-refractivity contribution in [2.75, 3.05) is 6.61 Å². The Labute approximate surface area is 154 Å². The van der Waals surface area contributed by atoms with Crippen molar-refractivity contribution >= 4 is 5.97 Å². The predicted octanol–water partition coefficient (Wildman–Crippen LogP) is 5.13. The highest BCUT2D eigenvalue weighted by Crippen LogP contribution is 2.54. The molecule has 0 aromatic carbocycles. The summed E-state index contributed by atoms with van der Waals surface area (Å²) in [6, 6.07) is 0. The zero-order valence-electron chi connectivity index (χ0n) is 16.7. The fourth-order valence-corrected chi connectivity index (χ4v) is 5.28. The van der Waals surface area contributed by atoms with Crippen LogP contribution >= 0.6 is 0 Å². The third-order valence-corrected chi connectivity index (χ3v) is 6.77. The molecule has 0 unspecified atom stereocenters. The normalized spacial score (nSPS) is 35.9. The number of aliphatic hydroxyl groups is 1. The van der Waals surface area contributed by atoms with E-state index < -0.39 is 5.41 Å². The van der Waals surface area contributed by atoms with E-state index >= 15 is 0 Å². The smallest absolute Gasteiger partial charge is 0.312 e. The standard InChI is InChI=1S/C22H38O3/c1-5-7-8-9-11-16(3)18-15-14-17-19(12-10-13-20(17)23)22(18,4)21(24)25-6-2/h14-20,23H,5-13H2,1-4H3/t16-,17+,18+,19-,20-,22-/m1/s1. The first-order valence-corrected chi connectivity index (χ1v) is 10.5. The van der Waals surface area contributed by atoms with Gasteiger partial charge in [0, 0.05) is 5.92 Å². The molecule has 0 aliphatic heterocycles. The van der Waals surface area contributed by atoms with Crippen molar-refractivity contribution < 1.29 is 14.6 Å². The minimum absolute atomic E-state index is 0.0612. The van der Waals surface area contributed by atoms with Gasteiger partial charge in [-0.25, -0.2) is 0 Å². The zero-order valence-corrected chi connectivity index (χ0v) is 16.7. The Balaban J connectivity index is 2.22. The van der Waals surface area contributed by atoms with E-state index in [2.05, 4.69) is 32.9 Å². The van der Waals surface area contributed by atoms with E-state index in [-0.39, 0.29) is 29.8 Å². The Morgan fingerprint density at radius 3 is 2.68 bits per heavy atom. The van der Waals surface area contributed by atoms with Crippen molar-refractivity contribution in [2.24, 2.45) is 29.1 Å². The summed E-state index contributed by atoms with van der Waals surface area (Å²) in [4.78, 5) is 13.0. The molecular weight excluding hydrogens is 312 g/mol. The Morgan fingerprint density at radius 2 is 2.00 bits per heavy atom. The van der Waals surface area contributed by atoms with E-state index in [1.165, 1.54) is 25.7 Å². The summed E-state index contributed by atoms with van der Waals surface area (Å²) in [6.45, 7) is 8.95. The summed E-state index contributed by atoms with van der Waals surface area (Å²) in [5.74, 6) is 0.909. The topological polar surface area (TPSA) is 46.5 Å². The number of hydrogen-bond acceptors (Lipinski definition) is 3. The van der Waals surface area contributed by atoms with E-state index in [1.807, 2.05) is 6.92 Å². The van der Waals surface area contributed by atoms with Gasteiger partial charge >= 0.3 is 5.97 Å². The number of hydrogen-bond donors (Lipinski definition) is 1. The number of carbonyl (C=O) groups is 1. The molecule has 0 radical (unpaired) electrons. The van der Waals surface area contributed by atoms with Crippen LogP contribution in [-0.4, -0.2) is 23.8 Å². The maximum absolute atomic E-state index is 13.0. The molecule has 0 aromatic rings. The summed E-state index contributed by atoms with van der Waals surface area (Å²) in [6.07, 6.45) is 13.2. The number of ether oxygens (including phenoxy) is 1. The van der Waals surface area contributed by atoms with Crippen LogP contribution in [-0.2, 0) is 9.53 Å². The summed E-state index contributed by atoms with van der Waals surface area (Å²) < 4.78 is 5.54. The maximum atomic E-state index is 13.0. The Bertz CT molecular complexity index is 458. The van der Waals surface area contributed by atoms with Gasteiger partial charge < -0.3 is 9.84 Å². The molecule has 3 heteroatoms. The van der Waals surface area contributed by atoms with Gasteiger partial charge in [0.15, 0.2) is 0 Å². The second kappa shape index (κ2) is 9.21. The van der Waals surface area contributed by atoms with Gasteiger partial charge in [-0.15, -0.1) is 0 Å². The van der Waals surface area contributed by atoms with Crippen LogP contribution in [0.3, 0.4) is 0 Å². The molecule has 1 N–H and O–H groups in total. The van der Waals surface area contributed by atoms with Crippen molar-refractivity contribution in [2.45, 2.75) is 85.2 Å². The van der Waals surface area contributed by atoms with Crippen LogP contribution in [0.2, 0.25) is 0 Å².